The highest BCUT2D eigenvalue weighted by atomic mass is 32.1. The van der Waals surface area contributed by atoms with Crippen molar-refractivity contribution in [3.05, 3.63) is 71.8 Å². The zero-order valence-corrected chi connectivity index (χ0v) is 16.0. The van der Waals surface area contributed by atoms with Gasteiger partial charge in [0.25, 0.3) is 5.91 Å². The van der Waals surface area contributed by atoms with Crippen molar-refractivity contribution in [2.45, 2.75) is 6.04 Å². The molecule has 0 aliphatic rings. The minimum Gasteiger partial charge on any atom is -0.350 e. The number of fused-ring (bicyclic) bond motifs is 2. The number of carbonyl (C=O) groups excluding carboxylic acids is 1. The zero-order chi connectivity index (χ0) is 18.8. The molecule has 1 unspecified atom stereocenters. The first-order valence-corrected chi connectivity index (χ1v) is 9.51. The molecule has 0 aliphatic heterocycles. The van der Waals surface area contributed by atoms with Crippen LogP contribution in [0.5, 0.6) is 0 Å². The standard InChI is InChI=1S/C21H20N4OS/c1-25(2)20(17-9-5-7-14-6-3-4-8-16(14)17)13-22-21(26)15-10-11-18-19(12-15)24-27-23-18/h3-12,20H,13H2,1-2H3,(H,22,26). The molecule has 1 aromatic heterocycles. The van der Waals surface area contributed by atoms with Crippen LogP contribution in [0.15, 0.2) is 60.7 Å². The van der Waals surface area contributed by atoms with Gasteiger partial charge in [0, 0.05) is 12.1 Å². The van der Waals surface area contributed by atoms with Crippen LogP contribution in [0.1, 0.15) is 22.0 Å². The predicted molar refractivity (Wildman–Crippen MR) is 110 cm³/mol. The van der Waals surface area contributed by atoms with E-state index in [-0.39, 0.29) is 11.9 Å². The van der Waals surface area contributed by atoms with Crippen LogP contribution in [0.2, 0.25) is 0 Å². The summed E-state index contributed by atoms with van der Waals surface area (Å²) < 4.78 is 8.39. The highest BCUT2D eigenvalue weighted by Gasteiger charge is 2.18. The van der Waals surface area contributed by atoms with E-state index in [9.17, 15) is 4.79 Å². The summed E-state index contributed by atoms with van der Waals surface area (Å²) in [4.78, 5) is 14.8. The first-order valence-electron chi connectivity index (χ1n) is 8.78. The molecule has 3 aromatic carbocycles. The molecule has 4 rings (SSSR count). The topological polar surface area (TPSA) is 58.1 Å². The molecular formula is C21H20N4OS. The molecule has 5 nitrogen and oxygen atoms in total. The highest BCUT2D eigenvalue weighted by molar-refractivity contribution is 7.00. The van der Waals surface area contributed by atoms with E-state index in [1.807, 2.05) is 32.3 Å². The molecule has 0 fully saturated rings. The number of carbonyl (C=O) groups is 1. The van der Waals surface area contributed by atoms with Gasteiger partial charge in [-0.05, 0) is 48.6 Å². The van der Waals surface area contributed by atoms with Gasteiger partial charge in [-0.1, -0.05) is 42.5 Å². The number of nitrogens with one attached hydrogen (secondary N) is 1. The average Bonchev–Trinajstić information content (AvgIpc) is 3.15. The van der Waals surface area contributed by atoms with Gasteiger partial charge in [-0.3, -0.25) is 4.79 Å². The number of rotatable bonds is 5. The second-order valence-electron chi connectivity index (χ2n) is 6.73. The Morgan fingerprint density at radius 3 is 2.67 bits per heavy atom. The van der Waals surface area contributed by atoms with E-state index < -0.39 is 0 Å². The maximum atomic E-state index is 12.7. The van der Waals surface area contributed by atoms with Crippen molar-refractivity contribution in [2.75, 3.05) is 20.6 Å². The molecule has 1 heterocycles. The van der Waals surface area contributed by atoms with E-state index >= 15 is 0 Å². The maximum Gasteiger partial charge on any atom is 0.251 e. The highest BCUT2D eigenvalue weighted by Crippen LogP contribution is 2.26. The summed E-state index contributed by atoms with van der Waals surface area (Å²) in [5.41, 5.74) is 3.38. The zero-order valence-electron chi connectivity index (χ0n) is 15.2. The van der Waals surface area contributed by atoms with E-state index in [4.69, 9.17) is 0 Å². The second-order valence-corrected chi connectivity index (χ2v) is 7.25. The Morgan fingerprint density at radius 1 is 1.04 bits per heavy atom. The van der Waals surface area contributed by atoms with Crippen LogP contribution in [0, 0.1) is 0 Å². The average molecular weight is 376 g/mol. The Labute approximate surface area is 162 Å². The first-order chi connectivity index (χ1) is 13.1. The molecule has 136 valence electrons. The maximum absolute atomic E-state index is 12.7. The largest absolute Gasteiger partial charge is 0.350 e. The number of amides is 1. The molecular weight excluding hydrogens is 356 g/mol. The summed E-state index contributed by atoms with van der Waals surface area (Å²) in [5, 5.41) is 5.49. The van der Waals surface area contributed by atoms with Gasteiger partial charge in [0.2, 0.25) is 0 Å². The van der Waals surface area contributed by atoms with Crippen molar-refractivity contribution < 1.29 is 4.79 Å². The van der Waals surface area contributed by atoms with Crippen LogP contribution >= 0.6 is 11.7 Å². The third-order valence-corrected chi connectivity index (χ3v) is 5.33. The Morgan fingerprint density at radius 2 is 1.81 bits per heavy atom. The second kappa shape index (κ2) is 7.42. The third kappa shape index (κ3) is 3.54. The van der Waals surface area contributed by atoms with Crippen LogP contribution in [-0.4, -0.2) is 40.2 Å². The molecule has 0 aliphatic carbocycles. The van der Waals surface area contributed by atoms with Crippen molar-refractivity contribution in [1.29, 1.82) is 0 Å². The van der Waals surface area contributed by atoms with Gasteiger partial charge >= 0.3 is 0 Å². The molecule has 0 saturated heterocycles. The number of likely N-dealkylation sites (N-methyl/N-ethyl adjacent to an activating group) is 1. The smallest absolute Gasteiger partial charge is 0.251 e. The molecule has 0 bridgehead atoms. The monoisotopic (exact) mass is 376 g/mol. The van der Waals surface area contributed by atoms with E-state index in [0.717, 1.165) is 22.8 Å². The summed E-state index contributed by atoms with van der Waals surface area (Å²) >= 11 is 1.16. The summed E-state index contributed by atoms with van der Waals surface area (Å²) in [6, 6.07) is 20.1. The van der Waals surface area contributed by atoms with Crippen LogP contribution in [0.25, 0.3) is 21.8 Å². The lowest BCUT2D eigenvalue weighted by atomic mass is 9.98. The Bertz CT molecular complexity index is 1100. The van der Waals surface area contributed by atoms with E-state index in [2.05, 4.69) is 49.3 Å². The van der Waals surface area contributed by atoms with Crippen LogP contribution in [-0.2, 0) is 0 Å². The lowest BCUT2D eigenvalue weighted by Gasteiger charge is -2.26. The van der Waals surface area contributed by atoms with Crippen LogP contribution in [0.4, 0.5) is 0 Å². The molecule has 1 N–H and O–H groups in total. The Hall–Kier alpha value is -2.83. The molecule has 0 radical (unpaired) electrons. The van der Waals surface area contributed by atoms with E-state index in [0.29, 0.717) is 12.1 Å². The van der Waals surface area contributed by atoms with Gasteiger partial charge in [-0.15, -0.1) is 0 Å². The molecule has 0 saturated carbocycles. The van der Waals surface area contributed by atoms with Gasteiger partial charge in [-0.25, -0.2) is 0 Å². The van der Waals surface area contributed by atoms with Crippen molar-refractivity contribution in [2.24, 2.45) is 0 Å². The fourth-order valence-electron chi connectivity index (χ4n) is 3.33. The fraction of sp³-hybridized carbons (Fsp3) is 0.190. The molecule has 0 spiro atoms. The van der Waals surface area contributed by atoms with Gasteiger partial charge in [0.1, 0.15) is 11.0 Å². The van der Waals surface area contributed by atoms with Gasteiger partial charge < -0.3 is 10.2 Å². The quantitative estimate of drug-likeness (QED) is 0.574. The van der Waals surface area contributed by atoms with E-state index in [1.165, 1.54) is 16.3 Å². The SMILES string of the molecule is CN(C)C(CNC(=O)c1ccc2nsnc2c1)c1cccc2ccccc12. The van der Waals surface area contributed by atoms with Crippen molar-refractivity contribution >= 4 is 39.4 Å². The third-order valence-electron chi connectivity index (χ3n) is 4.78. The number of aromatic nitrogens is 2. The van der Waals surface area contributed by atoms with Gasteiger partial charge in [-0.2, -0.15) is 8.75 Å². The number of benzene rings is 3. The first kappa shape index (κ1) is 17.6. The van der Waals surface area contributed by atoms with Crippen molar-refractivity contribution in [3.8, 4) is 0 Å². The number of hydrogen-bond acceptors (Lipinski definition) is 5. The van der Waals surface area contributed by atoms with Crippen LogP contribution < -0.4 is 5.32 Å². The number of nitrogens with zero attached hydrogens (tertiary/aromatic N) is 3. The summed E-state index contributed by atoms with van der Waals surface area (Å²) in [6.07, 6.45) is 0. The molecule has 1 amide bonds. The van der Waals surface area contributed by atoms with Crippen LogP contribution in [0.3, 0.4) is 0 Å². The van der Waals surface area contributed by atoms with Crippen molar-refractivity contribution in [3.63, 3.8) is 0 Å². The lowest BCUT2D eigenvalue weighted by Crippen LogP contribution is -2.34. The Balaban J connectivity index is 1.57. The van der Waals surface area contributed by atoms with Gasteiger partial charge in [0.05, 0.1) is 17.8 Å². The van der Waals surface area contributed by atoms with E-state index in [1.54, 1.807) is 12.1 Å². The Kier molecular flexibility index (Phi) is 4.83. The molecule has 27 heavy (non-hydrogen) atoms. The summed E-state index contributed by atoms with van der Waals surface area (Å²) in [7, 11) is 4.07. The van der Waals surface area contributed by atoms with Gasteiger partial charge in [0.15, 0.2) is 0 Å². The normalized spacial score (nSPS) is 12.6. The number of hydrogen-bond donors (Lipinski definition) is 1. The minimum atomic E-state index is -0.100. The lowest BCUT2D eigenvalue weighted by molar-refractivity contribution is 0.0942. The molecule has 6 heteroatoms. The molecule has 4 aromatic rings. The summed E-state index contributed by atoms with van der Waals surface area (Å²) in [5.74, 6) is -0.100. The predicted octanol–water partition coefficient (Wildman–Crippen LogP) is 3.88. The summed E-state index contributed by atoms with van der Waals surface area (Å²) in [6.45, 7) is 0.521. The minimum absolute atomic E-state index is 0.0738. The molecule has 1 atom stereocenters. The van der Waals surface area contributed by atoms with Crippen molar-refractivity contribution in [1.82, 2.24) is 19.0 Å². The fourth-order valence-corrected chi connectivity index (χ4v) is 3.84.